The SMILES string of the molecule is CCCCCCCCCCC12CCC(=O)N1c1cccc3c(=C4C(=O)C(c5ccc6c7c(cccc57)N5C(=O)CCC5(C)N6)=C4O)ccc(c13)=N2. The standard InChI is InChI=1S/C43H44N4O4/c1-3-4-5-6-7-8-9-10-23-43-25-22-35(49)47(43)33-16-12-14-27-29(18-20-31(45-43)37(27)33)39-40(50)38(41(39)51)28-17-19-30-36-26(28)13-11-15-32(36)46-34(48)21-24-42(46,2)44-30/h11-20,44,50H,3-10,21-25H2,1-2H3. The molecule has 0 radical (unpaired) electrons. The maximum absolute atomic E-state index is 14.2. The third-order valence-corrected chi connectivity index (χ3v) is 12.1. The summed E-state index contributed by atoms with van der Waals surface area (Å²) in [4.78, 5) is 49.7. The number of rotatable bonds is 10. The van der Waals surface area contributed by atoms with Gasteiger partial charge in [0.25, 0.3) is 0 Å². The molecule has 51 heavy (non-hydrogen) atoms. The summed E-state index contributed by atoms with van der Waals surface area (Å²) in [5.41, 5.74) is 2.71. The first kappa shape index (κ1) is 32.0. The molecule has 8 heteroatoms. The summed E-state index contributed by atoms with van der Waals surface area (Å²) in [6.45, 7) is 4.29. The van der Waals surface area contributed by atoms with E-state index < -0.39 is 11.3 Å². The summed E-state index contributed by atoms with van der Waals surface area (Å²) in [5.74, 6) is -0.107. The van der Waals surface area contributed by atoms with Crippen LogP contribution in [0.5, 0.6) is 0 Å². The first-order valence-corrected chi connectivity index (χ1v) is 18.9. The molecule has 2 atom stereocenters. The van der Waals surface area contributed by atoms with Gasteiger partial charge < -0.3 is 10.4 Å². The molecular formula is C43H44N4O4. The summed E-state index contributed by atoms with van der Waals surface area (Å²) >= 11 is 0. The van der Waals surface area contributed by atoms with E-state index in [0.717, 1.165) is 63.2 Å². The minimum Gasteiger partial charge on any atom is -0.506 e. The van der Waals surface area contributed by atoms with E-state index in [-0.39, 0.29) is 34.5 Å². The van der Waals surface area contributed by atoms with Gasteiger partial charge in [-0.15, -0.1) is 0 Å². The second kappa shape index (κ2) is 11.8. The summed E-state index contributed by atoms with van der Waals surface area (Å²) in [5, 5.41) is 20.1. The number of hydrogen-bond donors (Lipinski definition) is 2. The first-order valence-electron chi connectivity index (χ1n) is 18.9. The minimum absolute atomic E-state index is 0.0405. The zero-order valence-corrected chi connectivity index (χ0v) is 29.5. The first-order chi connectivity index (χ1) is 24.8. The number of allylic oxidation sites excluding steroid dienone is 2. The molecule has 0 aromatic heterocycles. The van der Waals surface area contributed by atoms with E-state index in [1.807, 2.05) is 77.4 Å². The Morgan fingerprint density at radius 3 is 2.20 bits per heavy atom. The number of aliphatic hydroxyl groups is 1. The van der Waals surface area contributed by atoms with Crippen molar-refractivity contribution >= 4 is 67.4 Å². The molecule has 2 amide bonds. The van der Waals surface area contributed by atoms with E-state index in [4.69, 9.17) is 4.99 Å². The smallest absolute Gasteiger partial charge is 0.229 e. The molecule has 4 aliphatic heterocycles. The van der Waals surface area contributed by atoms with E-state index in [1.165, 1.54) is 38.5 Å². The molecular weight excluding hydrogens is 636 g/mol. The van der Waals surface area contributed by atoms with E-state index in [1.54, 1.807) is 0 Å². The Kier molecular flexibility index (Phi) is 7.39. The van der Waals surface area contributed by atoms with Crippen LogP contribution in [0.2, 0.25) is 0 Å². The maximum Gasteiger partial charge on any atom is 0.229 e. The molecule has 4 heterocycles. The Bertz CT molecular complexity index is 2360. The summed E-state index contributed by atoms with van der Waals surface area (Å²) < 4.78 is 0. The van der Waals surface area contributed by atoms with Crippen LogP contribution in [0.3, 0.4) is 0 Å². The number of carbonyl (C=O) groups is 3. The van der Waals surface area contributed by atoms with Crippen LogP contribution >= 0.6 is 0 Å². The third-order valence-electron chi connectivity index (χ3n) is 12.1. The maximum atomic E-state index is 14.2. The minimum atomic E-state index is -0.572. The topological polar surface area (TPSA) is 102 Å². The molecule has 0 bridgehead atoms. The highest BCUT2D eigenvalue weighted by atomic mass is 16.3. The number of amides is 2. The van der Waals surface area contributed by atoms with Crippen molar-refractivity contribution in [1.82, 2.24) is 0 Å². The Labute approximate surface area is 297 Å². The lowest BCUT2D eigenvalue weighted by Crippen LogP contribution is -2.51. The number of ketones is 1. The fourth-order valence-corrected chi connectivity index (χ4v) is 9.61. The quantitative estimate of drug-likeness (QED) is 0.166. The van der Waals surface area contributed by atoms with Gasteiger partial charge in [0.1, 0.15) is 17.1 Å². The number of benzene rings is 4. The number of nitrogens with one attached hydrogen (secondary N) is 1. The second-order valence-corrected chi connectivity index (χ2v) is 15.3. The monoisotopic (exact) mass is 680 g/mol. The van der Waals surface area contributed by atoms with Crippen molar-refractivity contribution in [3.8, 4) is 0 Å². The number of nitrogens with zero attached hydrogens (tertiary/aromatic N) is 3. The number of Topliss-reactive ketones (excluding diaryl/α,β-unsaturated/α-hetero) is 1. The van der Waals surface area contributed by atoms with Crippen molar-refractivity contribution in [2.24, 2.45) is 4.99 Å². The number of aliphatic hydroxyl groups excluding tert-OH is 1. The van der Waals surface area contributed by atoms with Crippen molar-refractivity contribution in [2.45, 2.75) is 109 Å². The highest BCUT2D eigenvalue weighted by Crippen LogP contribution is 2.50. The van der Waals surface area contributed by atoms with Crippen LogP contribution in [-0.2, 0) is 14.4 Å². The van der Waals surface area contributed by atoms with Crippen molar-refractivity contribution in [2.75, 3.05) is 15.1 Å². The van der Waals surface area contributed by atoms with Gasteiger partial charge in [0.05, 0.1) is 27.9 Å². The van der Waals surface area contributed by atoms with Crippen LogP contribution in [0.15, 0.2) is 71.4 Å². The van der Waals surface area contributed by atoms with Gasteiger partial charge >= 0.3 is 0 Å². The van der Waals surface area contributed by atoms with Crippen LogP contribution in [0, 0.1) is 0 Å². The molecule has 2 unspecified atom stereocenters. The zero-order valence-electron chi connectivity index (χ0n) is 29.5. The number of carbonyl (C=O) groups excluding carboxylic acids is 3. The van der Waals surface area contributed by atoms with Crippen LogP contribution in [-0.4, -0.2) is 34.0 Å². The van der Waals surface area contributed by atoms with Gasteiger partial charge in [0.15, 0.2) is 0 Å². The largest absolute Gasteiger partial charge is 0.506 e. The molecule has 8 nitrogen and oxygen atoms in total. The third kappa shape index (κ3) is 4.64. The molecule has 0 saturated carbocycles. The van der Waals surface area contributed by atoms with E-state index in [2.05, 4.69) is 12.2 Å². The Morgan fingerprint density at radius 1 is 0.745 bits per heavy atom. The number of fused-ring (bicyclic) bond motifs is 4. The lowest BCUT2D eigenvalue weighted by molar-refractivity contribution is -0.118. The van der Waals surface area contributed by atoms with Crippen molar-refractivity contribution in [3.63, 3.8) is 0 Å². The molecule has 2 saturated heterocycles. The summed E-state index contributed by atoms with van der Waals surface area (Å²) in [6, 6.07) is 19.4. The number of anilines is 3. The predicted molar refractivity (Wildman–Crippen MR) is 202 cm³/mol. The van der Waals surface area contributed by atoms with Gasteiger partial charge in [-0.05, 0) is 72.0 Å². The van der Waals surface area contributed by atoms with Crippen LogP contribution < -0.4 is 25.7 Å². The predicted octanol–water partition coefficient (Wildman–Crippen LogP) is 7.95. The van der Waals surface area contributed by atoms with Gasteiger partial charge in [-0.1, -0.05) is 88.3 Å². The van der Waals surface area contributed by atoms with Gasteiger partial charge in [-0.3, -0.25) is 29.2 Å². The van der Waals surface area contributed by atoms with Gasteiger partial charge in [-0.25, -0.2) is 0 Å². The molecule has 4 aromatic carbocycles. The lowest BCUT2D eigenvalue weighted by atomic mass is 9.79. The van der Waals surface area contributed by atoms with Crippen molar-refractivity contribution in [3.05, 3.63) is 82.6 Å². The Balaban J connectivity index is 1.10. The molecule has 2 fully saturated rings. The van der Waals surface area contributed by atoms with E-state index >= 15 is 0 Å². The molecule has 9 rings (SSSR count). The van der Waals surface area contributed by atoms with Gasteiger partial charge in [0.2, 0.25) is 17.6 Å². The van der Waals surface area contributed by atoms with E-state index in [0.29, 0.717) is 36.5 Å². The lowest BCUT2D eigenvalue weighted by Gasteiger charge is -2.42. The Hall–Kier alpha value is -4.98. The van der Waals surface area contributed by atoms with Crippen molar-refractivity contribution < 1.29 is 19.5 Å². The summed E-state index contributed by atoms with van der Waals surface area (Å²) in [7, 11) is 0. The van der Waals surface area contributed by atoms with E-state index in [9.17, 15) is 19.5 Å². The van der Waals surface area contributed by atoms with Crippen molar-refractivity contribution in [1.29, 1.82) is 0 Å². The zero-order chi connectivity index (χ0) is 35.1. The average molecular weight is 681 g/mol. The fraction of sp³-hybridized carbons (Fsp3) is 0.395. The second-order valence-electron chi connectivity index (χ2n) is 15.3. The molecule has 2 N–H and O–H groups in total. The normalized spacial score (nSPS) is 24.2. The van der Waals surface area contributed by atoms with Crippen LogP contribution in [0.1, 0.15) is 103 Å². The molecule has 0 spiro atoms. The number of unbranched alkanes of at least 4 members (excludes halogenated alkanes) is 7. The molecule has 4 aromatic rings. The highest BCUT2D eigenvalue weighted by molar-refractivity contribution is 6.53. The highest BCUT2D eigenvalue weighted by Gasteiger charge is 2.49. The van der Waals surface area contributed by atoms with Gasteiger partial charge in [0, 0.05) is 35.7 Å². The van der Waals surface area contributed by atoms with Gasteiger partial charge in [-0.2, -0.15) is 0 Å². The molecule has 260 valence electrons. The van der Waals surface area contributed by atoms with Crippen LogP contribution in [0.4, 0.5) is 17.1 Å². The average Bonchev–Trinajstić information content (AvgIpc) is 3.63. The molecule has 5 aliphatic rings. The Morgan fingerprint density at radius 2 is 1.43 bits per heavy atom. The summed E-state index contributed by atoms with van der Waals surface area (Å²) in [6.07, 6.45) is 13.0. The number of hydrogen-bond acceptors (Lipinski definition) is 6. The van der Waals surface area contributed by atoms with Crippen LogP contribution in [0.25, 0.3) is 32.7 Å². The molecule has 1 aliphatic carbocycles. The fourth-order valence-electron chi connectivity index (χ4n) is 9.61.